The summed E-state index contributed by atoms with van der Waals surface area (Å²) in [6.45, 7) is 12.6. The minimum Gasteiger partial charge on any atom is -0.507 e. The van der Waals surface area contributed by atoms with Gasteiger partial charge >= 0.3 is 0 Å². The number of allylic oxidation sites excluding steroid dienone is 2. The van der Waals surface area contributed by atoms with Gasteiger partial charge in [-0.1, -0.05) is 53.7 Å². The van der Waals surface area contributed by atoms with Gasteiger partial charge in [0, 0.05) is 47.0 Å². The minimum absolute atomic E-state index is 0.171. The van der Waals surface area contributed by atoms with Crippen LogP contribution >= 0.6 is 0 Å². The van der Waals surface area contributed by atoms with Crippen molar-refractivity contribution in [2.24, 2.45) is 0 Å². The molecule has 0 radical (unpaired) electrons. The third kappa shape index (κ3) is 4.06. The van der Waals surface area contributed by atoms with Crippen LogP contribution in [0.25, 0.3) is 0 Å². The second-order valence-electron chi connectivity index (χ2n) is 11.5. The molecule has 182 valence electrons. The van der Waals surface area contributed by atoms with Crippen LogP contribution in [0.3, 0.4) is 0 Å². The first-order valence-electron chi connectivity index (χ1n) is 12.0. The molecule has 1 aliphatic carbocycles. The number of phenolic OH excluding ortho intramolecular Hbond substituents is 1. The minimum atomic E-state index is -0.289. The van der Waals surface area contributed by atoms with Gasteiger partial charge in [-0.3, -0.25) is 4.79 Å². The molecule has 2 aromatic carbocycles. The number of nitrogens with one attached hydrogen (secondary N) is 1. The van der Waals surface area contributed by atoms with Crippen molar-refractivity contribution in [1.29, 1.82) is 0 Å². The number of aromatic hydroxyl groups is 1. The largest absolute Gasteiger partial charge is 0.507 e. The number of carbonyl (C=O) groups excluding carboxylic acids is 1. The van der Waals surface area contributed by atoms with Crippen LogP contribution in [0, 0.1) is 0 Å². The molecule has 5 nitrogen and oxygen atoms in total. The Labute approximate surface area is 203 Å². The Balaban J connectivity index is 2.09. The average molecular weight is 464 g/mol. The molecule has 34 heavy (non-hydrogen) atoms. The van der Waals surface area contributed by atoms with Crippen molar-refractivity contribution in [3.63, 3.8) is 0 Å². The molecule has 2 aliphatic rings. The fourth-order valence-electron chi connectivity index (χ4n) is 5.22. The maximum absolute atomic E-state index is 13.4. The van der Waals surface area contributed by atoms with E-state index in [2.05, 4.69) is 59.0 Å². The van der Waals surface area contributed by atoms with Gasteiger partial charge in [0.25, 0.3) is 0 Å². The normalized spacial score (nSPS) is 18.2. The van der Waals surface area contributed by atoms with Crippen molar-refractivity contribution in [2.75, 3.05) is 19.5 Å². The number of rotatable bonds is 3. The molecule has 0 amide bonds. The monoisotopic (exact) mass is 463 g/mol. The van der Waals surface area contributed by atoms with Crippen molar-refractivity contribution >= 4 is 11.5 Å². The van der Waals surface area contributed by atoms with E-state index in [1.165, 1.54) is 0 Å². The van der Waals surface area contributed by atoms with E-state index in [1.54, 1.807) is 14.2 Å². The highest BCUT2D eigenvalue weighted by Gasteiger charge is 2.39. The fourth-order valence-corrected chi connectivity index (χ4v) is 5.22. The summed E-state index contributed by atoms with van der Waals surface area (Å²) in [5, 5.41) is 14.8. The molecule has 0 spiro atoms. The van der Waals surface area contributed by atoms with E-state index in [0.29, 0.717) is 23.7 Å². The standard InChI is InChI=1S/C29H37NO4/c1-28(2,3)18-12-16(13-19(27(18)32)29(4,5)6)24-25-20(10-9-11-22(25)31)30-21-14-17(33-7)15-23(34-8)26(21)24/h12-15,24,30,32H,9-11H2,1-8H3/t24-/m0/s1. The van der Waals surface area contributed by atoms with Gasteiger partial charge in [-0.25, -0.2) is 0 Å². The van der Waals surface area contributed by atoms with E-state index < -0.39 is 0 Å². The lowest BCUT2D eigenvalue weighted by molar-refractivity contribution is -0.116. The molecule has 0 unspecified atom stereocenters. The van der Waals surface area contributed by atoms with Gasteiger partial charge in [0.15, 0.2) is 5.78 Å². The number of hydrogen-bond donors (Lipinski definition) is 2. The average Bonchev–Trinajstić information content (AvgIpc) is 2.75. The number of hydrogen-bond acceptors (Lipinski definition) is 5. The number of phenols is 1. The maximum Gasteiger partial charge on any atom is 0.161 e. The summed E-state index contributed by atoms with van der Waals surface area (Å²) in [5.74, 6) is 1.60. The Morgan fingerprint density at radius 2 is 1.53 bits per heavy atom. The van der Waals surface area contributed by atoms with Crippen LogP contribution in [0.5, 0.6) is 17.2 Å². The van der Waals surface area contributed by atoms with Crippen molar-refractivity contribution < 1.29 is 19.4 Å². The Morgan fingerprint density at radius 3 is 2.06 bits per heavy atom. The van der Waals surface area contributed by atoms with Crippen LogP contribution in [0.15, 0.2) is 35.5 Å². The molecule has 2 aromatic rings. The molecular weight excluding hydrogens is 426 g/mol. The summed E-state index contributed by atoms with van der Waals surface area (Å²) >= 11 is 0. The second-order valence-corrected chi connectivity index (χ2v) is 11.5. The molecule has 5 heteroatoms. The lowest BCUT2D eigenvalue weighted by atomic mass is 9.71. The summed E-state index contributed by atoms with van der Waals surface area (Å²) in [6, 6.07) is 8.02. The van der Waals surface area contributed by atoms with Crippen LogP contribution in [-0.2, 0) is 15.6 Å². The number of ketones is 1. The third-order valence-electron chi connectivity index (χ3n) is 6.97. The number of ether oxygens (including phenoxy) is 2. The van der Waals surface area contributed by atoms with Gasteiger partial charge in [-0.05, 0) is 40.4 Å². The van der Waals surface area contributed by atoms with Crippen LogP contribution in [0.1, 0.15) is 89.0 Å². The van der Waals surface area contributed by atoms with Gasteiger partial charge in [-0.15, -0.1) is 0 Å². The molecule has 0 saturated heterocycles. The Hall–Kier alpha value is -2.95. The molecule has 1 atom stereocenters. The molecule has 0 aromatic heterocycles. The number of benzene rings is 2. The Kier molecular flexibility index (Phi) is 5.95. The predicted octanol–water partition coefficient (Wildman–Crippen LogP) is 6.57. The van der Waals surface area contributed by atoms with Gasteiger partial charge in [0.1, 0.15) is 17.2 Å². The lowest BCUT2D eigenvalue weighted by Crippen LogP contribution is -2.28. The molecule has 4 rings (SSSR count). The lowest BCUT2D eigenvalue weighted by Gasteiger charge is -2.36. The SMILES string of the molecule is COc1cc2c(c(OC)c1)[C@@H](c1cc(C(C)(C)C)c(O)c(C(C)(C)C)c1)C1=C(CCCC1=O)N2. The zero-order chi connectivity index (χ0) is 25.0. The van der Waals surface area contributed by atoms with Crippen molar-refractivity contribution in [2.45, 2.75) is 77.6 Å². The van der Waals surface area contributed by atoms with Crippen molar-refractivity contribution in [3.8, 4) is 17.2 Å². The van der Waals surface area contributed by atoms with Gasteiger partial charge in [0.05, 0.1) is 14.2 Å². The summed E-state index contributed by atoms with van der Waals surface area (Å²) < 4.78 is 11.4. The van der Waals surface area contributed by atoms with Crippen LogP contribution < -0.4 is 14.8 Å². The van der Waals surface area contributed by atoms with Crippen LogP contribution in [0.2, 0.25) is 0 Å². The Morgan fingerprint density at radius 1 is 0.912 bits per heavy atom. The highest BCUT2D eigenvalue weighted by molar-refractivity contribution is 6.01. The first kappa shape index (κ1) is 24.2. The molecular formula is C29H37NO4. The fraction of sp³-hybridized carbons (Fsp3) is 0.483. The number of anilines is 1. The van der Waals surface area contributed by atoms with Crippen molar-refractivity contribution in [3.05, 3.63) is 57.8 Å². The first-order valence-corrected chi connectivity index (χ1v) is 12.0. The van der Waals surface area contributed by atoms with E-state index in [4.69, 9.17) is 9.47 Å². The van der Waals surface area contributed by atoms with Crippen LogP contribution in [-0.4, -0.2) is 25.1 Å². The van der Waals surface area contributed by atoms with Gasteiger partial charge in [0.2, 0.25) is 0 Å². The summed E-state index contributed by atoms with van der Waals surface area (Å²) in [6.07, 6.45) is 2.21. The molecule has 2 N–H and O–H groups in total. The molecule has 0 bridgehead atoms. The Bertz CT molecular complexity index is 1140. The number of carbonyl (C=O) groups is 1. The summed E-state index contributed by atoms with van der Waals surface area (Å²) in [5.41, 5.74) is 5.85. The predicted molar refractivity (Wildman–Crippen MR) is 136 cm³/mol. The molecule has 1 heterocycles. The first-order chi connectivity index (χ1) is 15.9. The van der Waals surface area contributed by atoms with Crippen molar-refractivity contribution in [1.82, 2.24) is 0 Å². The maximum atomic E-state index is 13.4. The van der Waals surface area contributed by atoms with E-state index in [0.717, 1.165) is 52.1 Å². The van der Waals surface area contributed by atoms with E-state index in [-0.39, 0.29) is 22.5 Å². The topological polar surface area (TPSA) is 67.8 Å². The summed E-state index contributed by atoms with van der Waals surface area (Å²) in [7, 11) is 3.29. The van der Waals surface area contributed by atoms with Gasteiger partial charge in [-0.2, -0.15) is 0 Å². The molecule has 1 aliphatic heterocycles. The number of fused-ring (bicyclic) bond motifs is 1. The van der Waals surface area contributed by atoms with E-state index >= 15 is 0 Å². The smallest absolute Gasteiger partial charge is 0.161 e. The molecule has 0 saturated carbocycles. The highest BCUT2D eigenvalue weighted by atomic mass is 16.5. The third-order valence-corrected chi connectivity index (χ3v) is 6.97. The van der Waals surface area contributed by atoms with E-state index in [1.807, 2.05) is 12.1 Å². The van der Waals surface area contributed by atoms with Gasteiger partial charge < -0.3 is 19.9 Å². The zero-order valence-electron chi connectivity index (χ0n) is 21.7. The number of Topliss-reactive ketones (excluding diaryl/α,β-unsaturated/α-hetero) is 1. The number of methoxy groups -OCH3 is 2. The quantitative estimate of drug-likeness (QED) is 0.539. The molecule has 0 fully saturated rings. The van der Waals surface area contributed by atoms with Crippen LogP contribution in [0.4, 0.5) is 5.69 Å². The second kappa shape index (κ2) is 8.37. The summed E-state index contributed by atoms with van der Waals surface area (Å²) in [4.78, 5) is 13.4. The van der Waals surface area contributed by atoms with E-state index in [9.17, 15) is 9.90 Å². The zero-order valence-corrected chi connectivity index (χ0v) is 21.7. The highest BCUT2D eigenvalue weighted by Crippen LogP contribution is 2.52.